The van der Waals surface area contributed by atoms with Gasteiger partial charge in [0.2, 0.25) is 0 Å². The molecule has 134 valence electrons. The number of benzene rings is 3. The molecule has 0 unspecified atom stereocenters. The lowest BCUT2D eigenvalue weighted by Crippen LogP contribution is -2.29. The van der Waals surface area contributed by atoms with E-state index in [1.807, 2.05) is 67.6 Å². The molecule has 0 radical (unpaired) electrons. The first-order valence-electron chi connectivity index (χ1n) is 8.61. The van der Waals surface area contributed by atoms with Crippen LogP contribution in [-0.2, 0) is 0 Å². The summed E-state index contributed by atoms with van der Waals surface area (Å²) in [6.45, 7) is 1.82. The van der Waals surface area contributed by atoms with E-state index in [4.69, 9.17) is 0 Å². The van der Waals surface area contributed by atoms with Crippen molar-refractivity contribution in [3.63, 3.8) is 0 Å². The summed E-state index contributed by atoms with van der Waals surface area (Å²) in [7, 11) is 0. The van der Waals surface area contributed by atoms with Crippen molar-refractivity contribution in [3.05, 3.63) is 93.9 Å². The van der Waals surface area contributed by atoms with Crippen LogP contribution in [0.4, 0.5) is 0 Å². The number of carbonyl (C=O) groups excluding carboxylic acids is 1. The van der Waals surface area contributed by atoms with Crippen LogP contribution in [0.2, 0.25) is 0 Å². The van der Waals surface area contributed by atoms with Crippen LogP contribution in [0.15, 0.2) is 72.2 Å². The smallest absolute Gasteiger partial charge is 0.264 e. The number of phenolic OH excluding ortho intramolecular Hbond substituents is 1. The van der Waals surface area contributed by atoms with Crippen LogP contribution < -0.4 is 5.32 Å². The minimum atomic E-state index is -0.480. The molecule has 0 saturated carbocycles. The highest BCUT2D eigenvalue weighted by molar-refractivity contribution is 7.11. The van der Waals surface area contributed by atoms with Crippen LogP contribution in [0.3, 0.4) is 0 Å². The van der Waals surface area contributed by atoms with Crippen molar-refractivity contribution in [2.24, 2.45) is 0 Å². The number of amides is 1. The quantitative estimate of drug-likeness (QED) is 0.538. The summed E-state index contributed by atoms with van der Waals surface area (Å²) in [4.78, 5) is 17.7. The molecule has 1 amide bonds. The van der Waals surface area contributed by atoms with Crippen LogP contribution in [0, 0.1) is 6.92 Å². The summed E-state index contributed by atoms with van der Waals surface area (Å²) >= 11 is 1.31. The van der Waals surface area contributed by atoms with E-state index in [0.717, 1.165) is 16.3 Å². The fourth-order valence-electron chi connectivity index (χ4n) is 3.27. The molecule has 1 atom stereocenters. The first kappa shape index (κ1) is 17.2. The second-order valence-electron chi connectivity index (χ2n) is 6.30. The molecule has 4 rings (SSSR count). The predicted molar refractivity (Wildman–Crippen MR) is 108 cm³/mol. The summed E-state index contributed by atoms with van der Waals surface area (Å²) < 4.78 is 0. The number of rotatable bonds is 4. The number of aromatic hydroxyl groups is 1. The maximum atomic E-state index is 12.9. The average molecular weight is 374 g/mol. The Bertz CT molecular complexity index is 1110. The second kappa shape index (κ2) is 7.21. The van der Waals surface area contributed by atoms with Crippen molar-refractivity contribution < 1.29 is 9.90 Å². The van der Waals surface area contributed by atoms with Gasteiger partial charge in [-0.15, -0.1) is 11.3 Å². The predicted octanol–water partition coefficient (Wildman–Crippen LogP) is 4.83. The summed E-state index contributed by atoms with van der Waals surface area (Å²) in [6.07, 6.45) is 0. The van der Waals surface area contributed by atoms with E-state index in [0.29, 0.717) is 16.1 Å². The number of aryl methyl sites for hydroxylation is 1. The van der Waals surface area contributed by atoms with Crippen molar-refractivity contribution in [2.75, 3.05) is 0 Å². The Morgan fingerprint density at radius 3 is 2.52 bits per heavy atom. The standard InChI is InChI=1S/C22H18N2O2S/c1-14-21(27-13-23-14)22(26)24-20(16-8-3-2-4-9-16)19-17-10-6-5-7-15(17)11-12-18(19)25/h2-13,20,25H,1H3,(H,24,26)/t20-/m0/s1. The SMILES string of the molecule is Cc1ncsc1C(=O)N[C@@H](c1ccccc1)c1c(O)ccc2ccccc12. The van der Waals surface area contributed by atoms with E-state index >= 15 is 0 Å². The molecule has 4 aromatic rings. The third-order valence-corrected chi connectivity index (χ3v) is 5.52. The number of nitrogens with zero attached hydrogens (tertiary/aromatic N) is 1. The van der Waals surface area contributed by atoms with Gasteiger partial charge in [-0.3, -0.25) is 4.79 Å². The molecule has 0 spiro atoms. The van der Waals surface area contributed by atoms with Gasteiger partial charge in [0.05, 0.1) is 17.2 Å². The van der Waals surface area contributed by atoms with E-state index in [9.17, 15) is 9.90 Å². The fraction of sp³-hybridized carbons (Fsp3) is 0.0909. The number of thiazole rings is 1. The number of nitrogens with one attached hydrogen (secondary N) is 1. The molecule has 0 fully saturated rings. The Kier molecular flexibility index (Phi) is 4.60. The molecule has 0 aliphatic rings. The third kappa shape index (κ3) is 3.29. The van der Waals surface area contributed by atoms with Gasteiger partial charge >= 0.3 is 0 Å². The minimum Gasteiger partial charge on any atom is -0.508 e. The van der Waals surface area contributed by atoms with Gasteiger partial charge in [-0.2, -0.15) is 0 Å². The number of carbonyl (C=O) groups is 1. The van der Waals surface area contributed by atoms with Crippen LogP contribution >= 0.6 is 11.3 Å². The molecule has 1 aromatic heterocycles. The molecular formula is C22H18N2O2S. The molecular weight excluding hydrogens is 356 g/mol. The normalized spacial score (nSPS) is 12.0. The molecule has 4 nitrogen and oxygen atoms in total. The van der Waals surface area contributed by atoms with Crippen molar-refractivity contribution in [1.82, 2.24) is 10.3 Å². The van der Waals surface area contributed by atoms with Gasteiger partial charge in [-0.1, -0.05) is 60.7 Å². The van der Waals surface area contributed by atoms with Gasteiger partial charge in [-0.25, -0.2) is 4.98 Å². The Morgan fingerprint density at radius 1 is 1.04 bits per heavy atom. The highest BCUT2D eigenvalue weighted by atomic mass is 32.1. The lowest BCUT2D eigenvalue weighted by atomic mass is 9.92. The molecule has 0 saturated heterocycles. The summed E-state index contributed by atoms with van der Waals surface area (Å²) in [6, 6.07) is 20.6. The van der Waals surface area contributed by atoms with E-state index < -0.39 is 6.04 Å². The highest BCUT2D eigenvalue weighted by Gasteiger charge is 2.24. The monoisotopic (exact) mass is 374 g/mol. The third-order valence-electron chi connectivity index (χ3n) is 4.60. The summed E-state index contributed by atoms with van der Waals surface area (Å²) in [5.74, 6) is -0.0416. The van der Waals surface area contributed by atoms with Crippen LogP contribution in [0.25, 0.3) is 10.8 Å². The number of phenols is 1. The molecule has 0 aliphatic carbocycles. The van der Waals surface area contributed by atoms with Crippen molar-refractivity contribution in [2.45, 2.75) is 13.0 Å². The first-order chi connectivity index (χ1) is 13.1. The first-order valence-corrected chi connectivity index (χ1v) is 9.49. The molecule has 5 heteroatoms. The van der Waals surface area contributed by atoms with Crippen molar-refractivity contribution in [1.29, 1.82) is 0 Å². The highest BCUT2D eigenvalue weighted by Crippen LogP contribution is 2.36. The molecule has 0 bridgehead atoms. The maximum Gasteiger partial charge on any atom is 0.264 e. The maximum absolute atomic E-state index is 12.9. The van der Waals surface area contributed by atoms with Crippen molar-refractivity contribution >= 4 is 28.0 Å². The zero-order chi connectivity index (χ0) is 18.8. The van der Waals surface area contributed by atoms with Gasteiger partial charge in [-0.05, 0) is 29.3 Å². The van der Waals surface area contributed by atoms with E-state index in [-0.39, 0.29) is 11.7 Å². The van der Waals surface area contributed by atoms with Crippen LogP contribution in [-0.4, -0.2) is 16.0 Å². The van der Waals surface area contributed by atoms with Gasteiger partial charge in [0.25, 0.3) is 5.91 Å². The number of fused-ring (bicyclic) bond motifs is 1. The van der Waals surface area contributed by atoms with Gasteiger partial charge < -0.3 is 10.4 Å². The lowest BCUT2D eigenvalue weighted by molar-refractivity contribution is 0.0946. The largest absolute Gasteiger partial charge is 0.508 e. The van der Waals surface area contributed by atoms with Gasteiger partial charge in [0.1, 0.15) is 10.6 Å². The molecule has 2 N–H and O–H groups in total. The van der Waals surface area contributed by atoms with Crippen LogP contribution in [0.1, 0.15) is 32.5 Å². The molecule has 0 aliphatic heterocycles. The lowest BCUT2D eigenvalue weighted by Gasteiger charge is -2.22. The summed E-state index contributed by atoms with van der Waals surface area (Å²) in [5, 5.41) is 15.7. The van der Waals surface area contributed by atoms with E-state index in [1.165, 1.54) is 11.3 Å². The van der Waals surface area contributed by atoms with Crippen LogP contribution in [0.5, 0.6) is 5.75 Å². The minimum absolute atomic E-state index is 0.156. The van der Waals surface area contributed by atoms with Gasteiger partial charge in [0, 0.05) is 5.56 Å². The molecule has 3 aromatic carbocycles. The Morgan fingerprint density at radius 2 is 1.78 bits per heavy atom. The number of hydrogen-bond donors (Lipinski definition) is 2. The van der Waals surface area contributed by atoms with Gasteiger partial charge in [0.15, 0.2) is 0 Å². The second-order valence-corrected chi connectivity index (χ2v) is 7.16. The van der Waals surface area contributed by atoms with E-state index in [2.05, 4.69) is 10.3 Å². The zero-order valence-electron chi connectivity index (χ0n) is 14.7. The Labute approximate surface area is 161 Å². The number of aromatic nitrogens is 1. The fourth-order valence-corrected chi connectivity index (χ4v) is 3.98. The average Bonchev–Trinajstić information content (AvgIpc) is 3.13. The van der Waals surface area contributed by atoms with Crippen molar-refractivity contribution in [3.8, 4) is 5.75 Å². The topological polar surface area (TPSA) is 62.2 Å². The molecule has 1 heterocycles. The molecule has 27 heavy (non-hydrogen) atoms. The number of hydrogen-bond acceptors (Lipinski definition) is 4. The zero-order valence-corrected chi connectivity index (χ0v) is 15.5. The van der Waals surface area contributed by atoms with E-state index in [1.54, 1.807) is 11.6 Å². The summed E-state index contributed by atoms with van der Waals surface area (Å²) in [5.41, 5.74) is 3.96. The Hall–Kier alpha value is -3.18. The Balaban J connectivity index is 1.86.